The van der Waals surface area contributed by atoms with Crippen LogP contribution in [0.4, 0.5) is 34.1 Å². The minimum absolute atomic E-state index is 0.458. The first kappa shape index (κ1) is 39.7. The molecular weight excluding hydrogens is 789 g/mol. The molecule has 65 heavy (non-hydrogen) atoms. The highest BCUT2D eigenvalue weighted by Crippen LogP contribution is 2.42. The summed E-state index contributed by atoms with van der Waals surface area (Å²) in [6.45, 7) is 5.12. The summed E-state index contributed by atoms with van der Waals surface area (Å²) in [6, 6.07) is 70.8. The Hall–Kier alpha value is -8.08. The predicted octanol–water partition coefficient (Wildman–Crippen LogP) is 17.1. The zero-order chi connectivity index (χ0) is 43.7. The molecule has 0 N–H and O–H groups in total. The van der Waals surface area contributed by atoms with Gasteiger partial charge in [0.15, 0.2) is 0 Å². The maximum atomic E-state index is 2.53. The molecule has 0 fully saturated rings. The molecule has 1 aliphatic rings. The van der Waals surface area contributed by atoms with Crippen LogP contribution in [0.5, 0.6) is 0 Å². The van der Waals surface area contributed by atoms with Gasteiger partial charge in [0, 0.05) is 73.4 Å². The topological polar surface area (TPSA) is 16.3 Å². The van der Waals surface area contributed by atoms with Gasteiger partial charge in [0.1, 0.15) is 0 Å². The molecule has 1 unspecified atom stereocenters. The van der Waals surface area contributed by atoms with E-state index in [1.807, 2.05) is 0 Å². The summed E-state index contributed by atoms with van der Waals surface area (Å²) in [5, 5.41) is 5.07. The van der Waals surface area contributed by atoms with Crippen molar-refractivity contribution in [2.75, 3.05) is 9.80 Å². The smallest absolute Gasteiger partial charge is 0.0561 e. The number of anilines is 6. The van der Waals surface area contributed by atoms with Crippen LogP contribution in [-0.4, -0.2) is 9.13 Å². The van der Waals surface area contributed by atoms with Gasteiger partial charge in [-0.05, 0) is 128 Å². The van der Waals surface area contributed by atoms with E-state index in [1.54, 1.807) is 0 Å². The Bertz CT molecular complexity index is 3440. The van der Waals surface area contributed by atoms with Crippen molar-refractivity contribution < 1.29 is 0 Å². The summed E-state index contributed by atoms with van der Waals surface area (Å²) < 4.78 is 4.91. The normalized spacial score (nSPS) is 14.1. The first-order chi connectivity index (χ1) is 32.2. The average Bonchev–Trinajstić information content (AvgIpc) is 3.86. The van der Waals surface area contributed by atoms with Crippen LogP contribution in [0.3, 0.4) is 0 Å². The van der Waals surface area contributed by atoms with Crippen molar-refractivity contribution >= 4 is 83.4 Å². The van der Waals surface area contributed by atoms with Crippen LogP contribution in [0.25, 0.3) is 60.4 Å². The zero-order valence-corrected chi connectivity index (χ0v) is 36.8. The molecular formula is C61H50N4. The third-order valence-corrected chi connectivity index (χ3v) is 12.9. The van der Waals surface area contributed by atoms with Crippen molar-refractivity contribution in [3.8, 4) is 11.1 Å². The second-order valence-corrected chi connectivity index (χ2v) is 16.8. The van der Waals surface area contributed by atoms with Gasteiger partial charge >= 0.3 is 0 Å². The summed E-state index contributed by atoms with van der Waals surface area (Å²) in [5.74, 6) is 0.458. The Morgan fingerprint density at radius 2 is 0.954 bits per heavy atom. The molecule has 0 aliphatic heterocycles. The lowest BCUT2D eigenvalue weighted by Gasteiger charge is -2.26. The molecule has 1 aliphatic carbocycles. The second kappa shape index (κ2) is 17.2. The van der Waals surface area contributed by atoms with Gasteiger partial charge in [-0.1, -0.05) is 146 Å². The summed E-state index contributed by atoms with van der Waals surface area (Å²) in [6.07, 6.45) is 16.5. The molecule has 314 valence electrons. The SMILES string of the molecule is C/C=C\C(=C/C)n1c2ccccc2c2ccc(N(c3ccccc3)c3ccc(-c4ccc(N(c5ccccc5)c5ccc6c7ccccc7n(CC7C=CC=CC7)c6c5)cc4)cc3)cc21. The van der Waals surface area contributed by atoms with Crippen LogP contribution < -0.4 is 9.80 Å². The van der Waals surface area contributed by atoms with E-state index in [9.17, 15) is 0 Å². The Kier molecular flexibility index (Phi) is 10.5. The molecule has 0 saturated carbocycles. The molecule has 0 bridgehead atoms. The van der Waals surface area contributed by atoms with Crippen LogP contribution in [0.15, 0.2) is 237 Å². The van der Waals surface area contributed by atoms with Gasteiger partial charge in [-0.15, -0.1) is 0 Å². The molecule has 2 aromatic heterocycles. The van der Waals surface area contributed by atoms with E-state index < -0.39 is 0 Å². The lowest BCUT2D eigenvalue weighted by Crippen LogP contribution is -2.11. The number of nitrogens with zero attached hydrogens (tertiary/aromatic N) is 4. The number of aromatic nitrogens is 2. The van der Waals surface area contributed by atoms with E-state index in [0.29, 0.717) is 5.92 Å². The molecule has 1 atom stereocenters. The fourth-order valence-electron chi connectivity index (χ4n) is 9.88. The number of fused-ring (bicyclic) bond motifs is 6. The zero-order valence-electron chi connectivity index (χ0n) is 36.8. The fraction of sp³-hybridized carbons (Fsp3) is 0.0820. The molecule has 0 spiro atoms. The van der Waals surface area contributed by atoms with Crippen LogP contribution in [0, 0.1) is 5.92 Å². The standard InChI is InChI=1S/C61H50N4/c1-3-18-47(4-2)65-59-28-17-15-26-55(59)57-40-38-53(42-61(57)65)64(49-23-12-7-13-24-49)51-35-31-46(32-36-51)45-29-33-50(34-30-45)63(48-21-10-6-11-22-48)52-37-39-56-54-25-14-16-27-58(54)62(60(56)41-52)43-44-19-8-5-9-20-44/h3-19,21-42,44H,20,43H2,1-2H3/b18-3-,47-4+. The molecule has 0 amide bonds. The summed E-state index contributed by atoms with van der Waals surface area (Å²) in [7, 11) is 0. The second-order valence-electron chi connectivity index (χ2n) is 16.8. The average molecular weight is 839 g/mol. The molecule has 4 heteroatoms. The highest BCUT2D eigenvalue weighted by molar-refractivity contribution is 6.12. The summed E-state index contributed by atoms with van der Waals surface area (Å²) >= 11 is 0. The number of benzene rings is 8. The van der Waals surface area contributed by atoms with E-state index in [2.05, 4.69) is 269 Å². The summed E-state index contributed by atoms with van der Waals surface area (Å²) in [4.78, 5) is 4.74. The fourth-order valence-corrected chi connectivity index (χ4v) is 9.88. The van der Waals surface area contributed by atoms with Gasteiger partial charge in [0.2, 0.25) is 0 Å². The van der Waals surface area contributed by atoms with Crippen molar-refractivity contribution in [1.82, 2.24) is 9.13 Å². The van der Waals surface area contributed by atoms with E-state index in [-0.39, 0.29) is 0 Å². The van der Waals surface area contributed by atoms with Gasteiger partial charge in [0.05, 0.1) is 16.6 Å². The first-order valence-corrected chi connectivity index (χ1v) is 22.7. The van der Waals surface area contributed by atoms with Gasteiger partial charge in [-0.2, -0.15) is 0 Å². The molecule has 0 radical (unpaired) electrons. The van der Waals surface area contributed by atoms with Gasteiger partial charge in [0.25, 0.3) is 0 Å². The number of hydrogen-bond donors (Lipinski definition) is 0. The van der Waals surface area contributed by atoms with E-state index in [1.165, 1.54) is 49.2 Å². The molecule has 4 nitrogen and oxygen atoms in total. The Balaban J connectivity index is 0.949. The largest absolute Gasteiger partial charge is 0.340 e. The van der Waals surface area contributed by atoms with Crippen LogP contribution in [0.2, 0.25) is 0 Å². The van der Waals surface area contributed by atoms with Crippen molar-refractivity contribution in [2.45, 2.75) is 26.8 Å². The van der Waals surface area contributed by atoms with Gasteiger partial charge < -0.3 is 18.9 Å². The highest BCUT2D eigenvalue weighted by atomic mass is 15.2. The van der Waals surface area contributed by atoms with Gasteiger partial charge in [-0.3, -0.25) is 0 Å². The number of para-hydroxylation sites is 4. The van der Waals surface area contributed by atoms with E-state index in [0.717, 1.165) is 58.4 Å². The maximum Gasteiger partial charge on any atom is 0.0561 e. The molecule has 0 saturated heterocycles. The highest BCUT2D eigenvalue weighted by Gasteiger charge is 2.20. The Morgan fingerprint density at radius 3 is 1.51 bits per heavy atom. The lowest BCUT2D eigenvalue weighted by molar-refractivity contribution is 0.554. The first-order valence-electron chi connectivity index (χ1n) is 22.7. The summed E-state index contributed by atoms with van der Waals surface area (Å²) in [5.41, 5.74) is 15.1. The molecule has 10 aromatic rings. The molecule has 8 aromatic carbocycles. The monoisotopic (exact) mass is 838 g/mol. The van der Waals surface area contributed by atoms with Crippen molar-refractivity contribution in [3.63, 3.8) is 0 Å². The van der Waals surface area contributed by atoms with Crippen molar-refractivity contribution in [2.24, 2.45) is 5.92 Å². The van der Waals surface area contributed by atoms with Gasteiger partial charge in [-0.25, -0.2) is 0 Å². The molecule has 11 rings (SSSR count). The minimum atomic E-state index is 0.458. The van der Waals surface area contributed by atoms with Crippen molar-refractivity contribution in [1.29, 1.82) is 0 Å². The maximum absolute atomic E-state index is 2.53. The predicted molar refractivity (Wildman–Crippen MR) is 278 cm³/mol. The quantitative estimate of drug-likeness (QED) is 0.121. The minimum Gasteiger partial charge on any atom is -0.340 e. The van der Waals surface area contributed by atoms with Crippen LogP contribution in [0.1, 0.15) is 20.3 Å². The Labute approximate surface area is 381 Å². The number of hydrogen-bond acceptors (Lipinski definition) is 2. The molecule has 2 heterocycles. The van der Waals surface area contributed by atoms with Crippen molar-refractivity contribution in [3.05, 3.63) is 237 Å². The lowest BCUT2D eigenvalue weighted by atomic mass is 10.0. The number of allylic oxidation sites excluding steroid dienone is 8. The van der Waals surface area contributed by atoms with Crippen LogP contribution >= 0.6 is 0 Å². The third-order valence-electron chi connectivity index (χ3n) is 12.9. The third kappa shape index (κ3) is 7.33. The van der Waals surface area contributed by atoms with E-state index in [4.69, 9.17) is 0 Å². The Morgan fingerprint density at radius 1 is 0.477 bits per heavy atom. The van der Waals surface area contributed by atoms with Crippen LogP contribution in [-0.2, 0) is 6.54 Å². The number of rotatable bonds is 11. The van der Waals surface area contributed by atoms with E-state index >= 15 is 0 Å².